The number of para-hydroxylation sites is 1. The molecule has 172 valence electrons. The van der Waals surface area contributed by atoms with Gasteiger partial charge in [-0.25, -0.2) is 4.79 Å². The Hall–Kier alpha value is -4.28. The van der Waals surface area contributed by atoms with Crippen molar-refractivity contribution in [3.05, 3.63) is 93.5 Å². The zero-order valence-electron chi connectivity index (χ0n) is 18.5. The first kappa shape index (κ1) is 24.4. The quantitative estimate of drug-likeness (QED) is 0.329. The molecule has 0 radical (unpaired) electrons. The number of hydrogen-bond acceptors (Lipinski definition) is 5. The summed E-state index contributed by atoms with van der Waals surface area (Å²) in [5.74, 6) is -0.850. The summed E-state index contributed by atoms with van der Waals surface area (Å²) >= 11 is 6.11. The number of halogens is 1. The number of anilines is 1. The molecule has 3 rings (SSSR count). The van der Waals surface area contributed by atoms with Crippen LogP contribution in [-0.2, 0) is 11.4 Å². The minimum Gasteiger partial charge on any atom is -0.493 e. The Morgan fingerprint density at radius 3 is 2.47 bits per heavy atom. The lowest BCUT2D eigenvalue weighted by Crippen LogP contribution is -2.14. The second-order valence-corrected chi connectivity index (χ2v) is 7.61. The number of carboxylic acid groups (broad SMARTS) is 1. The molecule has 7 nitrogen and oxygen atoms in total. The van der Waals surface area contributed by atoms with Crippen LogP contribution < -0.4 is 14.8 Å². The first-order valence-corrected chi connectivity index (χ1v) is 10.5. The van der Waals surface area contributed by atoms with Gasteiger partial charge in [-0.2, -0.15) is 5.26 Å². The highest BCUT2D eigenvalue weighted by atomic mass is 35.5. The summed E-state index contributed by atoms with van der Waals surface area (Å²) in [6, 6.07) is 18.4. The Labute approximate surface area is 201 Å². The molecule has 3 aromatic rings. The predicted molar refractivity (Wildman–Crippen MR) is 129 cm³/mol. The van der Waals surface area contributed by atoms with Gasteiger partial charge in [0, 0.05) is 16.3 Å². The van der Waals surface area contributed by atoms with Crippen molar-refractivity contribution in [3.63, 3.8) is 0 Å². The maximum atomic E-state index is 12.8. The molecule has 0 spiro atoms. The molecule has 1 amide bonds. The summed E-state index contributed by atoms with van der Waals surface area (Å²) in [5.41, 5.74) is 2.43. The maximum absolute atomic E-state index is 12.8. The Balaban J connectivity index is 1.87. The van der Waals surface area contributed by atoms with E-state index < -0.39 is 11.9 Å². The van der Waals surface area contributed by atoms with Crippen LogP contribution in [0.3, 0.4) is 0 Å². The zero-order chi connectivity index (χ0) is 24.7. The van der Waals surface area contributed by atoms with Crippen LogP contribution in [0.1, 0.15) is 27.0 Å². The largest absolute Gasteiger partial charge is 0.493 e. The monoisotopic (exact) mass is 476 g/mol. The number of aromatic carboxylic acids is 1. The van der Waals surface area contributed by atoms with Crippen LogP contribution in [0.2, 0.25) is 5.02 Å². The molecule has 0 aliphatic carbocycles. The Morgan fingerprint density at radius 2 is 1.82 bits per heavy atom. The Kier molecular flexibility index (Phi) is 7.91. The van der Waals surface area contributed by atoms with Gasteiger partial charge in [-0.3, -0.25) is 4.79 Å². The van der Waals surface area contributed by atoms with Crippen molar-refractivity contribution >= 4 is 35.2 Å². The third-order valence-electron chi connectivity index (χ3n) is 4.99. The number of methoxy groups -OCH3 is 1. The summed E-state index contributed by atoms with van der Waals surface area (Å²) in [6.45, 7) is 1.89. The topological polar surface area (TPSA) is 109 Å². The van der Waals surface area contributed by atoms with Crippen LogP contribution in [0.4, 0.5) is 5.69 Å². The highest BCUT2D eigenvalue weighted by Crippen LogP contribution is 2.33. The first-order chi connectivity index (χ1) is 16.3. The highest BCUT2D eigenvalue weighted by Gasteiger charge is 2.16. The highest BCUT2D eigenvalue weighted by molar-refractivity contribution is 6.31. The van der Waals surface area contributed by atoms with E-state index in [1.165, 1.54) is 25.3 Å². The Morgan fingerprint density at radius 1 is 1.12 bits per heavy atom. The van der Waals surface area contributed by atoms with Crippen LogP contribution in [0, 0.1) is 18.3 Å². The molecule has 0 saturated heterocycles. The van der Waals surface area contributed by atoms with E-state index in [0.29, 0.717) is 33.3 Å². The predicted octanol–water partition coefficient (Wildman–Crippen LogP) is 5.48. The van der Waals surface area contributed by atoms with Crippen LogP contribution >= 0.6 is 11.6 Å². The fourth-order valence-corrected chi connectivity index (χ4v) is 3.27. The normalized spacial score (nSPS) is 10.8. The van der Waals surface area contributed by atoms with Crippen LogP contribution in [0.25, 0.3) is 6.08 Å². The van der Waals surface area contributed by atoms with Gasteiger partial charge in [0.05, 0.1) is 12.7 Å². The average Bonchev–Trinajstić information content (AvgIpc) is 2.84. The molecule has 0 aromatic heterocycles. The lowest BCUT2D eigenvalue weighted by molar-refractivity contribution is -0.112. The van der Waals surface area contributed by atoms with Gasteiger partial charge in [-0.1, -0.05) is 41.9 Å². The summed E-state index contributed by atoms with van der Waals surface area (Å²) in [4.78, 5) is 23.8. The van der Waals surface area contributed by atoms with Crippen molar-refractivity contribution in [2.75, 3.05) is 12.4 Å². The van der Waals surface area contributed by atoms with Gasteiger partial charge < -0.3 is 19.9 Å². The number of carbonyl (C=O) groups is 2. The van der Waals surface area contributed by atoms with Crippen molar-refractivity contribution in [2.24, 2.45) is 0 Å². The van der Waals surface area contributed by atoms with Crippen LogP contribution in [0.15, 0.2) is 66.2 Å². The third-order valence-corrected chi connectivity index (χ3v) is 5.40. The number of benzene rings is 3. The number of amides is 1. The van der Waals surface area contributed by atoms with Crippen molar-refractivity contribution in [1.29, 1.82) is 5.26 Å². The van der Waals surface area contributed by atoms with E-state index in [4.69, 9.17) is 26.2 Å². The van der Waals surface area contributed by atoms with Crippen molar-refractivity contribution in [1.82, 2.24) is 0 Å². The minimum atomic E-state index is -1.01. The lowest BCUT2D eigenvalue weighted by atomic mass is 10.1. The second kappa shape index (κ2) is 11.0. The van der Waals surface area contributed by atoms with Crippen molar-refractivity contribution in [3.8, 4) is 17.6 Å². The molecule has 3 aromatic carbocycles. The SMILES string of the molecule is COc1cccc(/C=C(/C#N)C(=O)Nc2cccc(Cl)c2C)c1OCc1ccc(C(=O)O)cc1. The van der Waals surface area contributed by atoms with E-state index in [1.807, 2.05) is 6.07 Å². The van der Waals surface area contributed by atoms with E-state index in [1.54, 1.807) is 55.5 Å². The van der Waals surface area contributed by atoms with Crippen molar-refractivity contribution < 1.29 is 24.2 Å². The zero-order valence-corrected chi connectivity index (χ0v) is 19.2. The molecule has 0 fully saturated rings. The summed E-state index contributed by atoms with van der Waals surface area (Å²) in [5, 5.41) is 21.9. The molecule has 34 heavy (non-hydrogen) atoms. The molecule has 8 heteroatoms. The van der Waals surface area contributed by atoms with Crippen LogP contribution in [-0.4, -0.2) is 24.1 Å². The van der Waals surface area contributed by atoms with Gasteiger partial charge in [0.25, 0.3) is 5.91 Å². The standard InChI is InChI=1S/C26H21ClN2O5/c1-16-21(27)6-4-7-22(16)29-25(30)20(14-28)13-19-5-3-8-23(33-2)24(19)34-15-17-9-11-18(12-10-17)26(31)32/h3-13H,15H2,1-2H3,(H,29,30)(H,31,32)/b20-13-. The molecule has 0 unspecified atom stereocenters. The maximum Gasteiger partial charge on any atom is 0.335 e. The van der Waals surface area contributed by atoms with Gasteiger partial charge in [0.15, 0.2) is 11.5 Å². The minimum absolute atomic E-state index is 0.122. The first-order valence-electron chi connectivity index (χ1n) is 10.1. The van der Waals surface area contributed by atoms with E-state index in [9.17, 15) is 14.9 Å². The molecule has 0 bridgehead atoms. The smallest absolute Gasteiger partial charge is 0.335 e. The van der Waals surface area contributed by atoms with Gasteiger partial charge in [0.2, 0.25) is 0 Å². The summed E-state index contributed by atoms with van der Waals surface area (Å²) in [6.07, 6.45) is 1.42. The molecular formula is C26H21ClN2O5. The van der Waals surface area contributed by atoms with E-state index in [2.05, 4.69) is 5.32 Å². The van der Waals surface area contributed by atoms with E-state index in [0.717, 1.165) is 5.56 Å². The van der Waals surface area contributed by atoms with Gasteiger partial charge >= 0.3 is 5.97 Å². The molecule has 0 saturated carbocycles. The number of hydrogen-bond donors (Lipinski definition) is 2. The number of carbonyl (C=O) groups excluding carboxylic acids is 1. The fourth-order valence-electron chi connectivity index (χ4n) is 3.10. The van der Waals surface area contributed by atoms with E-state index >= 15 is 0 Å². The number of carboxylic acids is 1. The third kappa shape index (κ3) is 5.74. The second-order valence-electron chi connectivity index (χ2n) is 7.21. The van der Waals surface area contributed by atoms with E-state index in [-0.39, 0.29) is 17.7 Å². The number of rotatable bonds is 8. The number of nitriles is 1. The number of nitrogens with zero attached hydrogens (tertiary/aromatic N) is 1. The molecule has 0 aliphatic rings. The molecule has 0 atom stereocenters. The van der Waals surface area contributed by atoms with Gasteiger partial charge in [0.1, 0.15) is 18.2 Å². The van der Waals surface area contributed by atoms with Gasteiger partial charge in [-0.05, 0) is 54.5 Å². The van der Waals surface area contributed by atoms with Crippen molar-refractivity contribution in [2.45, 2.75) is 13.5 Å². The molecule has 2 N–H and O–H groups in total. The van der Waals surface area contributed by atoms with Gasteiger partial charge in [-0.15, -0.1) is 0 Å². The fraction of sp³-hybridized carbons (Fsp3) is 0.115. The average molecular weight is 477 g/mol. The van der Waals surface area contributed by atoms with Crippen LogP contribution in [0.5, 0.6) is 11.5 Å². The Bertz CT molecular complexity index is 1290. The molecule has 0 heterocycles. The number of ether oxygens (including phenoxy) is 2. The summed E-state index contributed by atoms with van der Waals surface area (Å²) < 4.78 is 11.3. The number of nitrogens with one attached hydrogen (secondary N) is 1. The lowest BCUT2D eigenvalue weighted by Gasteiger charge is -2.14. The molecular weight excluding hydrogens is 456 g/mol. The molecule has 0 aliphatic heterocycles. The summed E-state index contributed by atoms with van der Waals surface area (Å²) in [7, 11) is 1.48.